The molecule has 0 saturated carbocycles. The van der Waals surface area contributed by atoms with Crippen LogP contribution in [0, 0.1) is 0 Å². The number of fused-ring (bicyclic) bond motifs is 1. The lowest BCUT2D eigenvalue weighted by molar-refractivity contribution is 0.0697. The Labute approximate surface area is 120 Å². The summed E-state index contributed by atoms with van der Waals surface area (Å²) in [6.07, 6.45) is 2.39. The van der Waals surface area contributed by atoms with Crippen LogP contribution in [0.2, 0.25) is 0 Å². The Kier molecular flexibility index (Phi) is 3.09. The fourth-order valence-electron chi connectivity index (χ4n) is 2.40. The number of amides is 2. The molecule has 2 N–H and O–H groups in total. The highest BCUT2D eigenvalue weighted by atomic mass is 16.4. The topological polar surface area (TPSA) is 87.5 Å². The molecule has 7 nitrogen and oxygen atoms in total. The van der Waals surface area contributed by atoms with Crippen LogP contribution >= 0.6 is 0 Å². The van der Waals surface area contributed by atoms with Crippen LogP contribution in [-0.4, -0.2) is 33.4 Å². The number of carbonyl (C=O) groups excluding carboxylic acids is 1. The van der Waals surface area contributed by atoms with Crippen molar-refractivity contribution < 1.29 is 14.7 Å². The molecule has 0 saturated heterocycles. The first-order valence-corrected chi connectivity index (χ1v) is 6.49. The lowest BCUT2D eigenvalue weighted by atomic mass is 10.1. The quantitative estimate of drug-likeness (QED) is 0.879. The van der Waals surface area contributed by atoms with Gasteiger partial charge in [0.15, 0.2) is 5.82 Å². The maximum atomic E-state index is 12.3. The number of anilines is 2. The lowest BCUT2D eigenvalue weighted by Crippen LogP contribution is -2.33. The third-order valence-corrected chi connectivity index (χ3v) is 3.42. The van der Waals surface area contributed by atoms with Crippen molar-refractivity contribution in [2.24, 2.45) is 7.05 Å². The molecule has 1 aromatic carbocycles. The van der Waals surface area contributed by atoms with Crippen molar-refractivity contribution in [3.8, 4) is 0 Å². The highest BCUT2D eigenvalue weighted by molar-refractivity contribution is 6.03. The zero-order valence-corrected chi connectivity index (χ0v) is 11.4. The Morgan fingerprint density at radius 1 is 1.33 bits per heavy atom. The molecule has 2 aromatic rings. The SMILES string of the molecule is Cn1ccc(NC(=O)N2CCc3cc(C(=O)O)ccc32)n1. The molecule has 0 radical (unpaired) electrons. The molecule has 3 rings (SSSR count). The minimum absolute atomic E-state index is 0.237. The summed E-state index contributed by atoms with van der Waals surface area (Å²) >= 11 is 0. The molecule has 0 fully saturated rings. The fraction of sp³-hybridized carbons (Fsp3) is 0.214. The fourth-order valence-corrected chi connectivity index (χ4v) is 2.40. The van der Waals surface area contributed by atoms with E-state index in [2.05, 4.69) is 10.4 Å². The minimum Gasteiger partial charge on any atom is -0.478 e. The first kappa shape index (κ1) is 13.2. The van der Waals surface area contributed by atoms with Crippen LogP contribution in [0.15, 0.2) is 30.5 Å². The molecule has 2 amide bonds. The Bertz CT molecular complexity index is 723. The summed E-state index contributed by atoms with van der Waals surface area (Å²) < 4.78 is 1.60. The number of urea groups is 1. The summed E-state index contributed by atoms with van der Waals surface area (Å²) in [4.78, 5) is 24.8. The summed E-state index contributed by atoms with van der Waals surface area (Å²) in [7, 11) is 1.77. The highest BCUT2D eigenvalue weighted by Crippen LogP contribution is 2.29. The predicted molar refractivity (Wildman–Crippen MR) is 76.7 cm³/mol. The first-order valence-electron chi connectivity index (χ1n) is 6.49. The zero-order chi connectivity index (χ0) is 15.0. The number of carboxylic acid groups (broad SMARTS) is 1. The first-order chi connectivity index (χ1) is 10.0. The number of carbonyl (C=O) groups is 2. The van der Waals surface area contributed by atoms with Crippen molar-refractivity contribution in [2.75, 3.05) is 16.8 Å². The van der Waals surface area contributed by atoms with Crippen molar-refractivity contribution in [3.05, 3.63) is 41.6 Å². The number of carboxylic acids is 1. The van der Waals surface area contributed by atoms with Crippen LogP contribution in [0.1, 0.15) is 15.9 Å². The number of benzene rings is 1. The molecular formula is C14H14N4O3. The average Bonchev–Trinajstić information content (AvgIpc) is 3.04. The van der Waals surface area contributed by atoms with E-state index in [1.54, 1.807) is 41.0 Å². The predicted octanol–water partition coefficient (Wildman–Crippen LogP) is 1.71. The zero-order valence-electron chi connectivity index (χ0n) is 11.4. The third-order valence-electron chi connectivity index (χ3n) is 3.42. The molecule has 1 aromatic heterocycles. The van der Waals surface area contributed by atoms with E-state index in [9.17, 15) is 9.59 Å². The molecule has 0 bridgehead atoms. The van der Waals surface area contributed by atoms with Gasteiger partial charge >= 0.3 is 12.0 Å². The molecule has 108 valence electrons. The Morgan fingerprint density at radius 3 is 2.81 bits per heavy atom. The second-order valence-corrected chi connectivity index (χ2v) is 4.86. The van der Waals surface area contributed by atoms with Crippen molar-refractivity contribution in [2.45, 2.75) is 6.42 Å². The van der Waals surface area contributed by atoms with E-state index in [4.69, 9.17) is 5.11 Å². The Hall–Kier alpha value is -2.83. The maximum absolute atomic E-state index is 12.3. The van der Waals surface area contributed by atoms with E-state index >= 15 is 0 Å². The van der Waals surface area contributed by atoms with Gasteiger partial charge in [0.1, 0.15) is 0 Å². The van der Waals surface area contributed by atoms with Crippen LogP contribution in [-0.2, 0) is 13.5 Å². The average molecular weight is 286 g/mol. The summed E-state index contributed by atoms with van der Waals surface area (Å²) in [5.74, 6) is -0.479. The van der Waals surface area contributed by atoms with E-state index in [1.807, 2.05) is 0 Å². The van der Waals surface area contributed by atoms with E-state index in [0.29, 0.717) is 18.8 Å². The summed E-state index contributed by atoms with van der Waals surface area (Å²) in [6, 6.07) is 6.24. The largest absolute Gasteiger partial charge is 0.478 e. The number of nitrogens with one attached hydrogen (secondary N) is 1. The monoisotopic (exact) mass is 286 g/mol. The van der Waals surface area contributed by atoms with E-state index in [0.717, 1.165) is 11.3 Å². The van der Waals surface area contributed by atoms with Crippen molar-refractivity contribution in [1.29, 1.82) is 0 Å². The number of aromatic carboxylic acids is 1. The number of hydrogen-bond donors (Lipinski definition) is 2. The molecule has 0 atom stereocenters. The van der Waals surface area contributed by atoms with Gasteiger partial charge in [-0.15, -0.1) is 0 Å². The van der Waals surface area contributed by atoms with Gasteiger partial charge in [0.05, 0.1) is 5.56 Å². The van der Waals surface area contributed by atoms with Gasteiger partial charge in [-0.2, -0.15) is 5.10 Å². The van der Waals surface area contributed by atoms with Gasteiger partial charge in [0, 0.05) is 31.5 Å². The van der Waals surface area contributed by atoms with Crippen molar-refractivity contribution in [1.82, 2.24) is 9.78 Å². The number of rotatable bonds is 2. The van der Waals surface area contributed by atoms with E-state index in [-0.39, 0.29) is 11.6 Å². The molecule has 21 heavy (non-hydrogen) atoms. The molecule has 7 heteroatoms. The maximum Gasteiger partial charge on any atom is 0.335 e. The Balaban J connectivity index is 1.80. The normalized spacial score (nSPS) is 13.1. The van der Waals surface area contributed by atoms with Gasteiger partial charge in [-0.25, -0.2) is 9.59 Å². The Morgan fingerprint density at radius 2 is 2.14 bits per heavy atom. The smallest absolute Gasteiger partial charge is 0.335 e. The van der Waals surface area contributed by atoms with Crippen molar-refractivity contribution >= 4 is 23.5 Å². The van der Waals surface area contributed by atoms with Gasteiger partial charge in [-0.1, -0.05) is 0 Å². The minimum atomic E-state index is -0.964. The molecule has 1 aliphatic heterocycles. The van der Waals surface area contributed by atoms with E-state index in [1.165, 1.54) is 6.07 Å². The number of aromatic nitrogens is 2. The summed E-state index contributed by atoms with van der Waals surface area (Å²) in [5.41, 5.74) is 1.85. The molecule has 2 heterocycles. The number of hydrogen-bond acceptors (Lipinski definition) is 3. The van der Waals surface area contributed by atoms with Gasteiger partial charge in [-0.3, -0.25) is 14.9 Å². The van der Waals surface area contributed by atoms with Gasteiger partial charge in [-0.05, 0) is 30.2 Å². The molecule has 0 aliphatic carbocycles. The highest BCUT2D eigenvalue weighted by Gasteiger charge is 2.25. The van der Waals surface area contributed by atoms with Gasteiger partial charge in [0.2, 0.25) is 0 Å². The number of nitrogens with zero attached hydrogens (tertiary/aromatic N) is 3. The standard InChI is InChI=1S/C14H14N4O3/c1-17-6-5-12(16-17)15-14(21)18-7-4-9-8-10(13(19)20)2-3-11(9)18/h2-3,5-6,8H,4,7H2,1H3,(H,19,20)(H,15,16,21). The second kappa shape index (κ2) is 4.93. The summed E-state index contributed by atoms with van der Waals surface area (Å²) in [5, 5.41) is 15.8. The van der Waals surface area contributed by atoms with E-state index < -0.39 is 5.97 Å². The van der Waals surface area contributed by atoms with Crippen LogP contribution in [0.5, 0.6) is 0 Å². The van der Waals surface area contributed by atoms with Crippen molar-refractivity contribution in [3.63, 3.8) is 0 Å². The number of aryl methyl sites for hydroxylation is 1. The lowest BCUT2D eigenvalue weighted by Gasteiger charge is -2.17. The van der Waals surface area contributed by atoms with Crippen LogP contribution in [0.3, 0.4) is 0 Å². The van der Waals surface area contributed by atoms with Crippen LogP contribution < -0.4 is 10.2 Å². The summed E-state index contributed by atoms with van der Waals surface area (Å²) in [6.45, 7) is 0.525. The molecule has 0 unspecified atom stereocenters. The molecular weight excluding hydrogens is 272 g/mol. The second-order valence-electron chi connectivity index (χ2n) is 4.86. The third kappa shape index (κ3) is 2.45. The van der Waals surface area contributed by atoms with Crippen LogP contribution in [0.25, 0.3) is 0 Å². The van der Waals surface area contributed by atoms with Gasteiger partial charge < -0.3 is 5.11 Å². The molecule has 1 aliphatic rings. The molecule has 0 spiro atoms. The van der Waals surface area contributed by atoms with Gasteiger partial charge in [0.25, 0.3) is 0 Å². The van der Waals surface area contributed by atoms with Crippen LogP contribution in [0.4, 0.5) is 16.3 Å².